The minimum atomic E-state index is -4.11. The lowest BCUT2D eigenvalue weighted by atomic mass is 10.1. The highest BCUT2D eigenvalue weighted by atomic mass is 19.4. The second kappa shape index (κ2) is 7.50. The third kappa shape index (κ3) is 6.59. The number of alkyl halides is 3. The van der Waals surface area contributed by atoms with Gasteiger partial charge in [0, 0.05) is 19.6 Å². The van der Waals surface area contributed by atoms with Crippen molar-refractivity contribution >= 4 is 0 Å². The third-order valence-corrected chi connectivity index (χ3v) is 2.76. The largest absolute Gasteiger partial charge is 0.389 e. The number of aryl methyl sites for hydroxylation is 1. The van der Waals surface area contributed by atoms with Gasteiger partial charge in [0.05, 0.1) is 6.10 Å². The van der Waals surface area contributed by atoms with Crippen molar-refractivity contribution in [3.8, 4) is 0 Å². The van der Waals surface area contributed by atoms with E-state index in [1.54, 1.807) is 7.05 Å². The van der Waals surface area contributed by atoms with Gasteiger partial charge in [-0.25, -0.2) is 0 Å². The first-order valence-electron chi connectivity index (χ1n) is 6.32. The Kier molecular flexibility index (Phi) is 6.31. The van der Waals surface area contributed by atoms with Crippen LogP contribution in [0.15, 0.2) is 24.3 Å². The number of hydrogen-bond acceptors (Lipinski definition) is 2. The summed E-state index contributed by atoms with van der Waals surface area (Å²) in [5.41, 5.74) is 2.12. The minimum absolute atomic E-state index is 0.00439. The van der Waals surface area contributed by atoms with Gasteiger partial charge in [0.15, 0.2) is 0 Å². The van der Waals surface area contributed by atoms with Crippen molar-refractivity contribution in [2.75, 3.05) is 20.2 Å². The molecular weight excluding hydrogens is 255 g/mol. The standard InChI is InChI=1S/C14H20F3NO/c1-11-4-6-12(7-5-11)13(10-18-2)19-9-3-8-14(15,16)17/h4-7,13,18H,3,8-10H2,1-2H3. The predicted molar refractivity (Wildman–Crippen MR) is 69.1 cm³/mol. The van der Waals surface area contributed by atoms with E-state index in [0.29, 0.717) is 6.54 Å². The summed E-state index contributed by atoms with van der Waals surface area (Å²) in [7, 11) is 1.79. The number of nitrogens with one attached hydrogen (secondary N) is 1. The van der Waals surface area contributed by atoms with E-state index in [0.717, 1.165) is 11.1 Å². The number of benzene rings is 1. The average Bonchev–Trinajstić information content (AvgIpc) is 2.33. The topological polar surface area (TPSA) is 21.3 Å². The van der Waals surface area contributed by atoms with Gasteiger partial charge >= 0.3 is 6.18 Å². The number of hydrogen-bond donors (Lipinski definition) is 1. The molecule has 0 fully saturated rings. The van der Waals surface area contributed by atoms with Gasteiger partial charge in [0.25, 0.3) is 0 Å². The fourth-order valence-corrected chi connectivity index (χ4v) is 1.74. The Balaban J connectivity index is 2.47. The molecule has 0 aromatic heterocycles. The summed E-state index contributed by atoms with van der Waals surface area (Å²) in [6.45, 7) is 2.68. The first kappa shape index (κ1) is 16.0. The fraction of sp³-hybridized carbons (Fsp3) is 0.571. The number of likely N-dealkylation sites (N-methyl/N-ethyl adjacent to an activating group) is 1. The lowest BCUT2D eigenvalue weighted by molar-refractivity contribution is -0.138. The zero-order valence-corrected chi connectivity index (χ0v) is 11.3. The van der Waals surface area contributed by atoms with Crippen LogP contribution < -0.4 is 5.32 Å². The normalized spacial score (nSPS) is 13.5. The molecule has 0 saturated heterocycles. The van der Waals surface area contributed by atoms with Crippen LogP contribution in [0, 0.1) is 6.92 Å². The highest BCUT2D eigenvalue weighted by Crippen LogP contribution is 2.23. The molecule has 1 aromatic carbocycles. The minimum Gasteiger partial charge on any atom is -0.372 e. The molecule has 0 heterocycles. The molecule has 1 aromatic rings. The van der Waals surface area contributed by atoms with E-state index in [4.69, 9.17) is 4.74 Å². The van der Waals surface area contributed by atoms with Crippen molar-refractivity contribution in [3.63, 3.8) is 0 Å². The second-order valence-corrected chi connectivity index (χ2v) is 4.55. The highest BCUT2D eigenvalue weighted by Gasteiger charge is 2.26. The number of ether oxygens (including phenoxy) is 1. The number of halogens is 3. The maximum absolute atomic E-state index is 12.0. The van der Waals surface area contributed by atoms with Gasteiger partial charge in [-0.3, -0.25) is 0 Å². The Bertz CT molecular complexity index is 362. The maximum atomic E-state index is 12.0. The molecule has 1 rings (SSSR count). The van der Waals surface area contributed by atoms with Crippen LogP contribution in [0.5, 0.6) is 0 Å². The van der Waals surface area contributed by atoms with Crippen LogP contribution in [0.3, 0.4) is 0 Å². The Morgan fingerprint density at radius 1 is 1.21 bits per heavy atom. The van der Waals surface area contributed by atoms with Crippen molar-refractivity contribution in [1.82, 2.24) is 5.32 Å². The first-order chi connectivity index (χ1) is 8.92. The molecule has 5 heteroatoms. The van der Waals surface area contributed by atoms with Gasteiger partial charge in [-0.2, -0.15) is 13.2 Å². The van der Waals surface area contributed by atoms with Crippen LogP contribution in [0.2, 0.25) is 0 Å². The Labute approximate surface area is 112 Å². The van der Waals surface area contributed by atoms with E-state index in [9.17, 15) is 13.2 Å². The van der Waals surface area contributed by atoms with Gasteiger partial charge in [-0.15, -0.1) is 0 Å². The molecule has 0 aliphatic carbocycles. The molecule has 1 atom stereocenters. The SMILES string of the molecule is CNCC(OCCCC(F)(F)F)c1ccc(C)cc1. The van der Waals surface area contributed by atoms with Gasteiger partial charge in [0.2, 0.25) is 0 Å². The summed E-state index contributed by atoms with van der Waals surface area (Å²) < 4.78 is 41.6. The van der Waals surface area contributed by atoms with Crippen LogP contribution in [-0.2, 0) is 4.74 Å². The van der Waals surface area contributed by atoms with Gasteiger partial charge in [0.1, 0.15) is 0 Å². The van der Waals surface area contributed by atoms with Crippen molar-refractivity contribution in [2.24, 2.45) is 0 Å². The summed E-state index contributed by atoms with van der Waals surface area (Å²) in [6, 6.07) is 7.83. The summed E-state index contributed by atoms with van der Waals surface area (Å²) in [4.78, 5) is 0. The molecule has 0 radical (unpaired) electrons. The first-order valence-corrected chi connectivity index (χ1v) is 6.32. The van der Waals surface area contributed by atoms with Crippen molar-refractivity contribution in [1.29, 1.82) is 0 Å². The fourth-order valence-electron chi connectivity index (χ4n) is 1.74. The molecule has 1 unspecified atom stereocenters. The van der Waals surface area contributed by atoms with E-state index in [1.165, 1.54) is 0 Å². The maximum Gasteiger partial charge on any atom is 0.389 e. The van der Waals surface area contributed by atoms with Gasteiger partial charge < -0.3 is 10.1 Å². The molecule has 0 saturated carbocycles. The predicted octanol–water partition coefficient (Wildman–Crippen LogP) is 3.61. The summed E-state index contributed by atoms with van der Waals surface area (Å²) in [6.07, 6.45) is -5.12. The smallest absolute Gasteiger partial charge is 0.372 e. The van der Waals surface area contributed by atoms with E-state index in [1.807, 2.05) is 31.2 Å². The lowest BCUT2D eigenvalue weighted by Gasteiger charge is -2.18. The van der Waals surface area contributed by atoms with Crippen LogP contribution in [0.4, 0.5) is 13.2 Å². The van der Waals surface area contributed by atoms with E-state index >= 15 is 0 Å². The lowest BCUT2D eigenvalue weighted by Crippen LogP contribution is -2.20. The molecule has 108 valence electrons. The molecule has 0 bridgehead atoms. The molecule has 0 aliphatic heterocycles. The molecule has 19 heavy (non-hydrogen) atoms. The van der Waals surface area contributed by atoms with E-state index < -0.39 is 12.6 Å². The summed E-state index contributed by atoms with van der Waals surface area (Å²) in [5.74, 6) is 0. The van der Waals surface area contributed by atoms with Crippen LogP contribution in [0.1, 0.15) is 30.1 Å². The average molecular weight is 275 g/mol. The molecule has 1 N–H and O–H groups in total. The molecule has 0 aliphatic rings. The van der Waals surface area contributed by atoms with Gasteiger partial charge in [-0.1, -0.05) is 29.8 Å². The van der Waals surface area contributed by atoms with Crippen LogP contribution in [0.25, 0.3) is 0 Å². The monoisotopic (exact) mass is 275 g/mol. The van der Waals surface area contributed by atoms with Gasteiger partial charge in [-0.05, 0) is 26.0 Å². The third-order valence-electron chi connectivity index (χ3n) is 2.76. The summed E-state index contributed by atoms with van der Waals surface area (Å²) in [5, 5.41) is 2.99. The van der Waals surface area contributed by atoms with E-state index in [2.05, 4.69) is 5.32 Å². The highest BCUT2D eigenvalue weighted by molar-refractivity contribution is 5.23. The Morgan fingerprint density at radius 3 is 2.37 bits per heavy atom. The molecule has 0 spiro atoms. The Hall–Kier alpha value is -1.07. The Morgan fingerprint density at radius 2 is 1.84 bits per heavy atom. The van der Waals surface area contributed by atoms with Crippen molar-refractivity contribution < 1.29 is 17.9 Å². The van der Waals surface area contributed by atoms with E-state index in [-0.39, 0.29) is 19.1 Å². The summed E-state index contributed by atoms with van der Waals surface area (Å²) >= 11 is 0. The number of rotatable bonds is 7. The van der Waals surface area contributed by atoms with Crippen molar-refractivity contribution in [2.45, 2.75) is 32.0 Å². The van der Waals surface area contributed by atoms with Crippen LogP contribution >= 0.6 is 0 Å². The zero-order valence-electron chi connectivity index (χ0n) is 11.3. The zero-order chi connectivity index (χ0) is 14.3. The van der Waals surface area contributed by atoms with Crippen LogP contribution in [-0.4, -0.2) is 26.4 Å². The molecule has 2 nitrogen and oxygen atoms in total. The quantitative estimate of drug-likeness (QED) is 0.767. The molecular formula is C14H20F3NO. The van der Waals surface area contributed by atoms with Crippen molar-refractivity contribution in [3.05, 3.63) is 35.4 Å². The second-order valence-electron chi connectivity index (χ2n) is 4.55. The molecule has 0 amide bonds.